The number of sulfonamides is 1. The minimum absolute atomic E-state index is 0.0735. The number of nitrogens with zero attached hydrogens (tertiary/aromatic N) is 3. The zero-order chi connectivity index (χ0) is 25.2. The summed E-state index contributed by atoms with van der Waals surface area (Å²) in [6.07, 6.45) is 2.27. The van der Waals surface area contributed by atoms with Gasteiger partial charge in [0.05, 0.1) is 22.6 Å². The molecule has 4 rings (SSSR count). The Kier molecular flexibility index (Phi) is 7.04. The molecule has 0 spiro atoms. The van der Waals surface area contributed by atoms with Crippen LogP contribution in [-0.4, -0.2) is 36.6 Å². The molecule has 1 fully saturated rings. The first-order chi connectivity index (χ1) is 16.7. The Bertz CT molecular complexity index is 1310. The van der Waals surface area contributed by atoms with Gasteiger partial charge in [0.2, 0.25) is 15.9 Å². The zero-order valence-corrected chi connectivity index (χ0v) is 20.4. The van der Waals surface area contributed by atoms with E-state index in [0.29, 0.717) is 24.2 Å². The molecule has 1 amide bonds. The van der Waals surface area contributed by atoms with Gasteiger partial charge in [0.1, 0.15) is 5.76 Å². The Balaban J connectivity index is 1.51. The van der Waals surface area contributed by atoms with Crippen LogP contribution >= 0.6 is 0 Å². The number of carbonyl (C=O) groups is 1. The number of nitro benzene ring substituents is 1. The number of non-ortho nitro benzene ring substituents is 1. The summed E-state index contributed by atoms with van der Waals surface area (Å²) < 4.78 is 33.3. The van der Waals surface area contributed by atoms with Gasteiger partial charge in [0.25, 0.3) is 5.69 Å². The van der Waals surface area contributed by atoms with E-state index in [4.69, 9.17) is 4.42 Å². The van der Waals surface area contributed by atoms with E-state index in [0.717, 1.165) is 17.3 Å². The molecule has 10 heteroatoms. The van der Waals surface area contributed by atoms with Gasteiger partial charge in [-0.15, -0.1) is 0 Å². The number of carbonyl (C=O) groups excluding carboxylic acids is 1. The van der Waals surface area contributed by atoms with E-state index < -0.39 is 14.9 Å². The fraction of sp³-hybridized carbons (Fsp3) is 0.320. The number of rotatable bonds is 7. The van der Waals surface area contributed by atoms with Gasteiger partial charge in [-0.2, -0.15) is 4.31 Å². The highest BCUT2D eigenvalue weighted by Gasteiger charge is 2.35. The number of anilines is 1. The van der Waals surface area contributed by atoms with Crippen LogP contribution in [0.4, 0.5) is 11.4 Å². The van der Waals surface area contributed by atoms with Crippen molar-refractivity contribution in [2.45, 2.75) is 38.1 Å². The number of hydrogen-bond donors (Lipinski definition) is 0. The quantitative estimate of drug-likeness (QED) is 0.352. The second-order valence-electron chi connectivity index (χ2n) is 8.72. The molecule has 0 bridgehead atoms. The van der Waals surface area contributed by atoms with Gasteiger partial charge in [-0.1, -0.05) is 23.8 Å². The standard InChI is InChI=1S/C25H27N3O6S/c1-18-5-8-21(9-6-18)27(17-23-4-3-15-34-23)25(29)20-11-13-26(14-12-20)35(32,33)24-16-22(28(30)31)10-7-19(24)2/h3-10,15-16,20H,11-14,17H2,1-2H3. The maximum Gasteiger partial charge on any atom is 0.270 e. The zero-order valence-electron chi connectivity index (χ0n) is 19.6. The van der Waals surface area contributed by atoms with E-state index >= 15 is 0 Å². The van der Waals surface area contributed by atoms with Crippen LogP contribution in [0.2, 0.25) is 0 Å². The highest BCUT2D eigenvalue weighted by molar-refractivity contribution is 7.89. The molecular formula is C25H27N3O6S. The third-order valence-electron chi connectivity index (χ3n) is 6.31. The molecule has 3 aromatic rings. The van der Waals surface area contributed by atoms with E-state index in [9.17, 15) is 23.3 Å². The largest absolute Gasteiger partial charge is 0.467 e. The lowest BCUT2D eigenvalue weighted by Gasteiger charge is -2.33. The van der Waals surface area contributed by atoms with Gasteiger partial charge < -0.3 is 9.32 Å². The number of piperidine rings is 1. The van der Waals surface area contributed by atoms with Crippen molar-refractivity contribution in [1.29, 1.82) is 0 Å². The van der Waals surface area contributed by atoms with Gasteiger partial charge >= 0.3 is 0 Å². The second-order valence-corrected chi connectivity index (χ2v) is 10.6. The molecular weight excluding hydrogens is 470 g/mol. The average Bonchev–Trinajstić information content (AvgIpc) is 3.36. The lowest BCUT2D eigenvalue weighted by Crippen LogP contribution is -2.44. The van der Waals surface area contributed by atoms with E-state index in [1.54, 1.807) is 24.2 Å². The molecule has 1 saturated heterocycles. The summed E-state index contributed by atoms with van der Waals surface area (Å²) in [6.45, 7) is 4.18. The van der Waals surface area contributed by atoms with Crippen molar-refractivity contribution in [3.8, 4) is 0 Å². The molecule has 35 heavy (non-hydrogen) atoms. The van der Waals surface area contributed by atoms with Gasteiger partial charge in [-0.25, -0.2) is 8.42 Å². The summed E-state index contributed by atoms with van der Waals surface area (Å²) in [4.78, 5) is 25.7. The number of hydrogen-bond acceptors (Lipinski definition) is 6. The Hall–Kier alpha value is -3.50. The van der Waals surface area contributed by atoms with Crippen molar-refractivity contribution < 1.29 is 22.6 Å². The number of nitro groups is 1. The molecule has 1 aliphatic rings. The van der Waals surface area contributed by atoms with Crippen LogP contribution in [0.5, 0.6) is 0 Å². The summed E-state index contributed by atoms with van der Waals surface area (Å²) in [5.41, 5.74) is 2.00. The van der Waals surface area contributed by atoms with Gasteiger partial charge in [-0.3, -0.25) is 14.9 Å². The number of furan rings is 1. The van der Waals surface area contributed by atoms with Crippen LogP contribution in [0.15, 0.2) is 70.2 Å². The molecule has 0 N–H and O–H groups in total. The van der Waals surface area contributed by atoms with Gasteiger partial charge in [0.15, 0.2) is 0 Å². The van der Waals surface area contributed by atoms with E-state index in [2.05, 4.69) is 0 Å². The number of amides is 1. The Labute approximate surface area is 204 Å². The van der Waals surface area contributed by atoms with Crippen molar-refractivity contribution in [1.82, 2.24) is 4.31 Å². The van der Waals surface area contributed by atoms with Crippen LogP contribution in [0, 0.1) is 29.9 Å². The van der Waals surface area contributed by atoms with Gasteiger partial charge in [0, 0.05) is 36.8 Å². The minimum atomic E-state index is -3.93. The molecule has 2 aromatic carbocycles. The first-order valence-corrected chi connectivity index (χ1v) is 12.8. The van der Waals surface area contributed by atoms with Crippen molar-refractivity contribution in [2.75, 3.05) is 18.0 Å². The Morgan fingerprint density at radius 3 is 2.40 bits per heavy atom. The first-order valence-electron chi connectivity index (χ1n) is 11.3. The highest BCUT2D eigenvalue weighted by Crippen LogP contribution is 2.30. The highest BCUT2D eigenvalue weighted by atomic mass is 32.2. The lowest BCUT2D eigenvalue weighted by atomic mass is 9.96. The van der Waals surface area contributed by atoms with Crippen molar-refractivity contribution in [3.63, 3.8) is 0 Å². The summed E-state index contributed by atoms with van der Waals surface area (Å²) in [7, 11) is -3.93. The molecule has 0 aliphatic carbocycles. The van der Waals surface area contributed by atoms with Crippen LogP contribution < -0.4 is 4.90 Å². The SMILES string of the molecule is Cc1ccc(N(Cc2ccco2)C(=O)C2CCN(S(=O)(=O)c3cc([N+](=O)[O-])ccc3C)CC2)cc1. The molecule has 184 valence electrons. The number of benzene rings is 2. The second kappa shape index (κ2) is 10.0. The van der Waals surface area contributed by atoms with E-state index in [1.807, 2.05) is 37.3 Å². The molecule has 2 heterocycles. The summed E-state index contributed by atoms with van der Waals surface area (Å²) in [6, 6.07) is 15.1. The third-order valence-corrected chi connectivity index (χ3v) is 8.35. The van der Waals surface area contributed by atoms with Crippen LogP contribution in [0.3, 0.4) is 0 Å². The monoisotopic (exact) mass is 497 g/mol. The average molecular weight is 498 g/mol. The van der Waals surface area contributed by atoms with Crippen molar-refractivity contribution in [3.05, 3.63) is 87.9 Å². The minimum Gasteiger partial charge on any atom is -0.467 e. The molecule has 0 saturated carbocycles. The van der Waals surface area contributed by atoms with Crippen molar-refractivity contribution in [2.24, 2.45) is 5.92 Å². The molecule has 0 atom stereocenters. The number of aryl methyl sites for hydroxylation is 2. The Morgan fingerprint density at radius 1 is 1.11 bits per heavy atom. The van der Waals surface area contributed by atoms with Gasteiger partial charge in [-0.05, 0) is 56.5 Å². The molecule has 1 aliphatic heterocycles. The van der Waals surface area contributed by atoms with E-state index in [1.165, 1.54) is 16.4 Å². The predicted molar refractivity (Wildman–Crippen MR) is 130 cm³/mol. The summed E-state index contributed by atoms with van der Waals surface area (Å²) in [5, 5.41) is 11.1. The maximum atomic E-state index is 13.6. The summed E-state index contributed by atoms with van der Waals surface area (Å²) in [5.74, 6) is 0.206. The third kappa shape index (κ3) is 5.28. The normalized spacial score (nSPS) is 15.1. The molecule has 9 nitrogen and oxygen atoms in total. The molecule has 0 unspecified atom stereocenters. The van der Waals surface area contributed by atoms with Crippen LogP contribution in [0.1, 0.15) is 29.7 Å². The van der Waals surface area contributed by atoms with Crippen molar-refractivity contribution >= 4 is 27.3 Å². The molecule has 1 aromatic heterocycles. The maximum absolute atomic E-state index is 13.6. The topological polar surface area (TPSA) is 114 Å². The molecule has 0 radical (unpaired) electrons. The smallest absolute Gasteiger partial charge is 0.270 e. The lowest BCUT2D eigenvalue weighted by molar-refractivity contribution is -0.385. The van der Waals surface area contributed by atoms with Crippen LogP contribution in [0.25, 0.3) is 0 Å². The Morgan fingerprint density at radius 2 is 1.80 bits per heavy atom. The fourth-order valence-electron chi connectivity index (χ4n) is 4.26. The summed E-state index contributed by atoms with van der Waals surface area (Å²) >= 11 is 0. The van der Waals surface area contributed by atoms with Crippen LogP contribution in [-0.2, 0) is 21.4 Å². The fourth-order valence-corrected chi connectivity index (χ4v) is 5.98. The van der Waals surface area contributed by atoms with E-state index in [-0.39, 0.29) is 42.0 Å². The first kappa shape index (κ1) is 24.6. The predicted octanol–water partition coefficient (Wildman–Crippen LogP) is 4.44.